The summed E-state index contributed by atoms with van der Waals surface area (Å²) in [6.45, 7) is 0.907. The number of nitrogens with one attached hydrogen (secondary N) is 1. The highest BCUT2D eigenvalue weighted by molar-refractivity contribution is 5.86. The van der Waals surface area contributed by atoms with Crippen LogP contribution < -0.4 is 10.1 Å². The Labute approximate surface area is 174 Å². The monoisotopic (exact) mass is 405 g/mol. The van der Waals surface area contributed by atoms with Gasteiger partial charge in [-0.05, 0) is 24.3 Å². The Bertz CT molecular complexity index is 1020. The van der Waals surface area contributed by atoms with E-state index in [1.807, 2.05) is 49.6 Å². The van der Waals surface area contributed by atoms with Gasteiger partial charge in [-0.15, -0.1) is 0 Å². The van der Waals surface area contributed by atoms with Crippen molar-refractivity contribution in [2.24, 2.45) is 7.05 Å². The minimum Gasteiger partial charge on any atom is -0.484 e. The lowest BCUT2D eigenvalue weighted by molar-refractivity contribution is -0.135. The maximum absolute atomic E-state index is 12.9. The number of fused-ring (bicyclic) bond motifs is 1. The second-order valence-electron chi connectivity index (χ2n) is 7.18. The number of carbonyl (C=O) groups is 2. The molecule has 30 heavy (non-hydrogen) atoms. The van der Waals surface area contributed by atoms with Gasteiger partial charge in [-0.3, -0.25) is 19.3 Å². The maximum Gasteiger partial charge on any atom is 0.260 e. The molecule has 154 valence electrons. The molecule has 2 aromatic heterocycles. The Kier molecular flexibility index (Phi) is 5.74. The van der Waals surface area contributed by atoms with Crippen LogP contribution in [-0.2, 0) is 29.7 Å². The van der Waals surface area contributed by atoms with E-state index in [9.17, 15) is 9.59 Å². The molecule has 1 atom stereocenters. The standard InChI is InChI=1S/C22H23N5O3/c1-26-12-16-13-27(20(28)15-30-18-8-3-2-4-9-18)14-19(21(16)25-26)22(29)24-11-17-7-5-6-10-23-17/h2-10,12,19H,11,13-15H2,1H3,(H,24,29)/t19-/m0/s1. The van der Waals surface area contributed by atoms with E-state index in [1.165, 1.54) is 0 Å². The minimum absolute atomic E-state index is 0.0815. The molecule has 3 heterocycles. The summed E-state index contributed by atoms with van der Waals surface area (Å²) >= 11 is 0. The predicted octanol–water partition coefficient (Wildman–Crippen LogP) is 1.64. The number of para-hydroxylation sites is 1. The smallest absolute Gasteiger partial charge is 0.260 e. The second kappa shape index (κ2) is 8.77. The van der Waals surface area contributed by atoms with Gasteiger partial charge in [0.05, 0.1) is 23.9 Å². The summed E-state index contributed by atoms with van der Waals surface area (Å²) in [6.07, 6.45) is 3.54. The van der Waals surface area contributed by atoms with Crippen LogP contribution in [0.5, 0.6) is 5.75 Å². The summed E-state index contributed by atoms with van der Waals surface area (Å²) in [5.41, 5.74) is 2.35. The van der Waals surface area contributed by atoms with Crippen molar-refractivity contribution >= 4 is 11.8 Å². The van der Waals surface area contributed by atoms with Crippen molar-refractivity contribution in [3.8, 4) is 5.75 Å². The van der Waals surface area contributed by atoms with Crippen molar-refractivity contribution < 1.29 is 14.3 Å². The molecule has 1 aliphatic heterocycles. The van der Waals surface area contributed by atoms with Gasteiger partial charge in [0.1, 0.15) is 5.75 Å². The number of amides is 2. The zero-order valence-electron chi connectivity index (χ0n) is 16.7. The largest absolute Gasteiger partial charge is 0.484 e. The molecule has 0 saturated heterocycles. The molecule has 1 aromatic carbocycles. The molecule has 8 nitrogen and oxygen atoms in total. The molecule has 4 rings (SSSR count). The third-order valence-electron chi connectivity index (χ3n) is 4.98. The normalized spacial score (nSPS) is 15.4. The molecule has 2 amide bonds. The molecule has 0 saturated carbocycles. The van der Waals surface area contributed by atoms with Crippen molar-refractivity contribution in [1.82, 2.24) is 25.0 Å². The Morgan fingerprint density at radius 3 is 2.73 bits per heavy atom. The van der Waals surface area contributed by atoms with Gasteiger partial charge < -0.3 is 15.0 Å². The van der Waals surface area contributed by atoms with E-state index in [2.05, 4.69) is 15.4 Å². The molecule has 0 bridgehead atoms. The van der Waals surface area contributed by atoms with Crippen LogP contribution in [0.3, 0.4) is 0 Å². The molecule has 0 radical (unpaired) electrons. The average Bonchev–Trinajstić information content (AvgIpc) is 3.16. The number of rotatable bonds is 6. The predicted molar refractivity (Wildman–Crippen MR) is 109 cm³/mol. The fraction of sp³-hybridized carbons (Fsp3) is 0.273. The van der Waals surface area contributed by atoms with E-state index in [0.717, 1.165) is 11.3 Å². The third-order valence-corrected chi connectivity index (χ3v) is 4.98. The van der Waals surface area contributed by atoms with Crippen LogP contribution in [0.1, 0.15) is 22.9 Å². The highest BCUT2D eigenvalue weighted by atomic mass is 16.5. The van der Waals surface area contributed by atoms with Gasteiger partial charge in [-0.25, -0.2) is 0 Å². The lowest BCUT2D eigenvalue weighted by atomic mass is 9.95. The number of hydrogen-bond donors (Lipinski definition) is 1. The summed E-state index contributed by atoms with van der Waals surface area (Å²) < 4.78 is 7.27. The summed E-state index contributed by atoms with van der Waals surface area (Å²) in [4.78, 5) is 31.6. The van der Waals surface area contributed by atoms with Crippen LogP contribution in [0.4, 0.5) is 0 Å². The average molecular weight is 405 g/mol. The van der Waals surface area contributed by atoms with Crippen LogP contribution >= 0.6 is 0 Å². The van der Waals surface area contributed by atoms with E-state index in [4.69, 9.17) is 4.74 Å². The lowest BCUT2D eigenvalue weighted by Crippen LogP contribution is -2.45. The van der Waals surface area contributed by atoms with E-state index in [0.29, 0.717) is 24.5 Å². The first-order valence-electron chi connectivity index (χ1n) is 9.76. The number of pyridine rings is 1. The summed E-state index contributed by atoms with van der Waals surface area (Å²) in [7, 11) is 1.81. The first kappa shape index (κ1) is 19.6. The van der Waals surface area contributed by atoms with Crippen LogP contribution in [-0.4, -0.2) is 44.6 Å². The van der Waals surface area contributed by atoms with Crippen LogP contribution in [0.15, 0.2) is 60.9 Å². The number of carbonyl (C=O) groups excluding carboxylic acids is 2. The Morgan fingerprint density at radius 2 is 1.97 bits per heavy atom. The first-order chi connectivity index (χ1) is 14.6. The Balaban J connectivity index is 1.44. The van der Waals surface area contributed by atoms with Gasteiger partial charge in [0.25, 0.3) is 5.91 Å². The van der Waals surface area contributed by atoms with E-state index in [1.54, 1.807) is 27.9 Å². The van der Waals surface area contributed by atoms with Gasteiger partial charge >= 0.3 is 0 Å². The summed E-state index contributed by atoms with van der Waals surface area (Å²) in [6, 6.07) is 14.7. The van der Waals surface area contributed by atoms with Crippen LogP contribution in [0.2, 0.25) is 0 Å². The fourth-order valence-electron chi connectivity index (χ4n) is 3.50. The molecular formula is C22H23N5O3. The molecule has 1 aliphatic rings. The van der Waals surface area contributed by atoms with Crippen molar-refractivity contribution in [3.05, 3.63) is 77.9 Å². The van der Waals surface area contributed by atoms with Gasteiger partial charge in [-0.2, -0.15) is 5.10 Å². The minimum atomic E-state index is -0.542. The van der Waals surface area contributed by atoms with E-state index in [-0.39, 0.29) is 25.0 Å². The number of hydrogen-bond acceptors (Lipinski definition) is 5. The van der Waals surface area contributed by atoms with Crippen LogP contribution in [0.25, 0.3) is 0 Å². The van der Waals surface area contributed by atoms with Gasteiger partial charge in [0.2, 0.25) is 5.91 Å². The summed E-state index contributed by atoms with van der Waals surface area (Å²) in [5.74, 6) is -0.258. The first-order valence-corrected chi connectivity index (χ1v) is 9.76. The van der Waals surface area contributed by atoms with Crippen molar-refractivity contribution in [2.45, 2.75) is 19.0 Å². The quantitative estimate of drug-likeness (QED) is 0.673. The molecule has 1 N–H and O–H groups in total. The highest BCUT2D eigenvalue weighted by Gasteiger charge is 2.35. The molecule has 0 unspecified atom stereocenters. The topological polar surface area (TPSA) is 89.4 Å². The number of ether oxygens (including phenoxy) is 1. The zero-order chi connectivity index (χ0) is 20.9. The number of aromatic nitrogens is 3. The van der Waals surface area contributed by atoms with Crippen LogP contribution in [0, 0.1) is 0 Å². The molecule has 0 spiro atoms. The fourth-order valence-corrected chi connectivity index (χ4v) is 3.50. The number of benzene rings is 1. The number of nitrogens with zero attached hydrogens (tertiary/aromatic N) is 4. The molecule has 0 fully saturated rings. The lowest BCUT2D eigenvalue weighted by Gasteiger charge is -2.31. The highest BCUT2D eigenvalue weighted by Crippen LogP contribution is 2.27. The van der Waals surface area contributed by atoms with Gasteiger partial charge in [0.15, 0.2) is 6.61 Å². The molecule has 8 heteroatoms. The Hall–Kier alpha value is -3.68. The third kappa shape index (κ3) is 4.48. The van der Waals surface area contributed by atoms with Crippen molar-refractivity contribution in [1.29, 1.82) is 0 Å². The van der Waals surface area contributed by atoms with Gasteiger partial charge in [-0.1, -0.05) is 24.3 Å². The van der Waals surface area contributed by atoms with Gasteiger partial charge in [0, 0.05) is 38.1 Å². The SMILES string of the molecule is Cn1cc2c(n1)[C@@H](C(=O)NCc1ccccn1)CN(C(=O)COc1ccccc1)C2. The van der Waals surface area contributed by atoms with E-state index >= 15 is 0 Å². The van der Waals surface area contributed by atoms with Crippen molar-refractivity contribution in [2.75, 3.05) is 13.2 Å². The number of aryl methyl sites for hydroxylation is 1. The van der Waals surface area contributed by atoms with Crippen molar-refractivity contribution in [3.63, 3.8) is 0 Å². The van der Waals surface area contributed by atoms with E-state index < -0.39 is 5.92 Å². The summed E-state index contributed by atoms with van der Waals surface area (Å²) in [5, 5.41) is 7.38. The maximum atomic E-state index is 12.9. The molecular weight excluding hydrogens is 382 g/mol. The molecule has 3 aromatic rings. The zero-order valence-corrected chi connectivity index (χ0v) is 16.7. The molecule has 0 aliphatic carbocycles. The Morgan fingerprint density at radius 1 is 1.17 bits per heavy atom. The second-order valence-corrected chi connectivity index (χ2v) is 7.18.